The first-order valence-corrected chi connectivity index (χ1v) is 10.4. The molecule has 3 rings (SSSR count). The number of hydrogen-bond acceptors (Lipinski definition) is 4. The third kappa shape index (κ3) is 3.31. The molecule has 134 valence electrons. The Balaban J connectivity index is 1.88. The standard InChI is InChI=1S/C18H21BrN2O3S/c1-12-4-5-14(10-17(12)22)18(3)11-21(13(2)20-18)25(23,24)16-8-6-15(19)7-9-16/h4,6-9,14H,5,10-11H2,1-3H3. The number of carbonyl (C=O) groups is 1. The lowest BCUT2D eigenvalue weighted by Crippen LogP contribution is -2.43. The smallest absolute Gasteiger partial charge is 0.265 e. The molecule has 0 bridgehead atoms. The molecule has 0 amide bonds. The Morgan fingerprint density at radius 2 is 1.88 bits per heavy atom. The minimum absolute atomic E-state index is 0.0174. The number of benzene rings is 1. The first-order valence-electron chi connectivity index (χ1n) is 8.18. The molecule has 25 heavy (non-hydrogen) atoms. The van der Waals surface area contributed by atoms with Crippen molar-refractivity contribution in [1.82, 2.24) is 4.31 Å². The molecule has 0 N–H and O–H groups in total. The van der Waals surface area contributed by atoms with E-state index in [4.69, 9.17) is 0 Å². The zero-order valence-corrected chi connectivity index (χ0v) is 16.9. The molecular formula is C18H21BrN2O3S. The lowest BCUT2D eigenvalue weighted by atomic mass is 9.76. The van der Waals surface area contributed by atoms with Crippen LogP contribution in [0.15, 0.2) is 50.3 Å². The zero-order valence-electron chi connectivity index (χ0n) is 14.5. The summed E-state index contributed by atoms with van der Waals surface area (Å²) in [6.07, 6.45) is 3.11. The maximum Gasteiger partial charge on any atom is 0.265 e. The predicted molar refractivity (Wildman–Crippen MR) is 101 cm³/mol. The Morgan fingerprint density at radius 3 is 2.48 bits per heavy atom. The molecule has 0 aromatic heterocycles. The highest BCUT2D eigenvalue weighted by Gasteiger charge is 2.45. The molecule has 0 saturated heterocycles. The van der Waals surface area contributed by atoms with Crippen molar-refractivity contribution in [1.29, 1.82) is 0 Å². The number of carbonyl (C=O) groups excluding carboxylic acids is 1. The lowest BCUT2D eigenvalue weighted by molar-refractivity contribution is -0.117. The summed E-state index contributed by atoms with van der Waals surface area (Å²) in [5.41, 5.74) is 0.206. The number of Topliss-reactive ketones (excluding diaryl/α,β-unsaturated/α-hetero) is 1. The number of halogens is 1. The topological polar surface area (TPSA) is 66.8 Å². The SMILES string of the molecule is CC1=CCC(C2(C)CN(S(=O)(=O)c3ccc(Br)cc3)C(C)=N2)CC1=O. The van der Waals surface area contributed by atoms with Gasteiger partial charge in [-0.3, -0.25) is 14.1 Å². The minimum atomic E-state index is -3.66. The van der Waals surface area contributed by atoms with Gasteiger partial charge in [0.15, 0.2) is 5.78 Å². The summed E-state index contributed by atoms with van der Waals surface area (Å²) in [6, 6.07) is 6.58. The molecule has 2 aliphatic rings. The first-order chi connectivity index (χ1) is 11.6. The highest BCUT2D eigenvalue weighted by Crippen LogP contribution is 2.38. The third-order valence-electron chi connectivity index (χ3n) is 5.10. The van der Waals surface area contributed by atoms with Crippen molar-refractivity contribution in [2.45, 2.75) is 44.0 Å². The van der Waals surface area contributed by atoms with Crippen LogP contribution in [0.1, 0.15) is 33.6 Å². The number of aliphatic imine (C=N–C) groups is 1. The molecule has 5 nitrogen and oxygen atoms in total. The van der Waals surface area contributed by atoms with Crippen LogP contribution in [0.4, 0.5) is 0 Å². The van der Waals surface area contributed by atoms with Crippen LogP contribution >= 0.6 is 15.9 Å². The molecule has 0 saturated carbocycles. The van der Waals surface area contributed by atoms with Gasteiger partial charge in [0, 0.05) is 10.9 Å². The number of rotatable bonds is 3. The second-order valence-electron chi connectivity index (χ2n) is 6.93. The molecule has 2 unspecified atom stereocenters. The van der Waals surface area contributed by atoms with Crippen LogP contribution in [-0.4, -0.2) is 36.4 Å². The van der Waals surface area contributed by atoms with Gasteiger partial charge < -0.3 is 0 Å². The largest absolute Gasteiger partial charge is 0.295 e. The van der Waals surface area contributed by atoms with E-state index < -0.39 is 15.6 Å². The minimum Gasteiger partial charge on any atom is -0.295 e. The van der Waals surface area contributed by atoms with Crippen LogP contribution in [0.25, 0.3) is 0 Å². The van der Waals surface area contributed by atoms with E-state index in [1.165, 1.54) is 4.31 Å². The molecule has 1 aliphatic heterocycles. The van der Waals surface area contributed by atoms with E-state index in [0.29, 0.717) is 12.3 Å². The monoisotopic (exact) mass is 424 g/mol. The fourth-order valence-electron chi connectivity index (χ4n) is 3.45. The van der Waals surface area contributed by atoms with E-state index in [-0.39, 0.29) is 23.1 Å². The van der Waals surface area contributed by atoms with Crippen LogP contribution in [0.5, 0.6) is 0 Å². The van der Waals surface area contributed by atoms with Crippen molar-refractivity contribution in [2.75, 3.05) is 6.54 Å². The summed E-state index contributed by atoms with van der Waals surface area (Å²) in [4.78, 5) is 17.0. The van der Waals surface area contributed by atoms with E-state index in [1.807, 2.05) is 19.9 Å². The van der Waals surface area contributed by atoms with Crippen molar-refractivity contribution >= 4 is 37.6 Å². The van der Waals surface area contributed by atoms with Gasteiger partial charge in [0.05, 0.1) is 17.0 Å². The third-order valence-corrected chi connectivity index (χ3v) is 7.47. The maximum absolute atomic E-state index is 13.0. The van der Waals surface area contributed by atoms with Crippen LogP contribution < -0.4 is 0 Å². The van der Waals surface area contributed by atoms with E-state index in [0.717, 1.165) is 16.5 Å². The Hall–Kier alpha value is -1.47. The number of ketones is 1. The molecule has 7 heteroatoms. The maximum atomic E-state index is 13.0. The fraction of sp³-hybridized carbons (Fsp3) is 0.444. The van der Waals surface area contributed by atoms with Gasteiger partial charge in [-0.15, -0.1) is 0 Å². The van der Waals surface area contributed by atoms with Gasteiger partial charge in [0.2, 0.25) is 0 Å². The number of amidine groups is 1. The van der Waals surface area contributed by atoms with Gasteiger partial charge in [0.1, 0.15) is 5.84 Å². The van der Waals surface area contributed by atoms with Crippen LogP contribution in [0.2, 0.25) is 0 Å². The summed E-state index contributed by atoms with van der Waals surface area (Å²) in [6.45, 7) is 5.75. The van der Waals surface area contributed by atoms with Crippen molar-refractivity contribution in [3.63, 3.8) is 0 Å². The van der Waals surface area contributed by atoms with Gasteiger partial charge >= 0.3 is 0 Å². The average molecular weight is 425 g/mol. The first kappa shape index (κ1) is 18.3. The second-order valence-corrected chi connectivity index (χ2v) is 9.71. The molecule has 1 heterocycles. The number of hydrogen-bond donors (Lipinski definition) is 0. The highest BCUT2D eigenvalue weighted by atomic mass is 79.9. The number of nitrogens with zero attached hydrogens (tertiary/aromatic N) is 2. The van der Waals surface area contributed by atoms with Crippen molar-refractivity contribution in [3.05, 3.63) is 40.4 Å². The Labute approximate surface area is 157 Å². The molecule has 1 aromatic carbocycles. The Bertz CT molecular complexity index is 874. The Kier molecular flexibility index (Phi) is 4.66. The molecule has 0 fully saturated rings. The summed E-state index contributed by atoms with van der Waals surface area (Å²) in [5.74, 6) is 0.618. The van der Waals surface area contributed by atoms with Crippen molar-refractivity contribution < 1.29 is 13.2 Å². The van der Waals surface area contributed by atoms with E-state index in [9.17, 15) is 13.2 Å². The molecule has 0 spiro atoms. The van der Waals surface area contributed by atoms with Gasteiger partial charge in [-0.1, -0.05) is 22.0 Å². The lowest BCUT2D eigenvalue weighted by Gasteiger charge is -2.33. The summed E-state index contributed by atoms with van der Waals surface area (Å²) in [5, 5.41) is 0. The summed E-state index contributed by atoms with van der Waals surface area (Å²) in [7, 11) is -3.66. The van der Waals surface area contributed by atoms with Gasteiger partial charge in [-0.2, -0.15) is 0 Å². The van der Waals surface area contributed by atoms with Gasteiger partial charge in [-0.25, -0.2) is 8.42 Å². The van der Waals surface area contributed by atoms with Crippen LogP contribution in [0, 0.1) is 5.92 Å². The quantitative estimate of drug-likeness (QED) is 0.744. The normalized spacial score (nSPS) is 27.3. The zero-order chi connectivity index (χ0) is 18.4. The van der Waals surface area contributed by atoms with E-state index >= 15 is 0 Å². The molecule has 0 radical (unpaired) electrons. The van der Waals surface area contributed by atoms with Gasteiger partial charge in [0.25, 0.3) is 10.0 Å². The van der Waals surface area contributed by atoms with E-state index in [2.05, 4.69) is 20.9 Å². The molecular weight excluding hydrogens is 404 g/mol. The fourth-order valence-corrected chi connectivity index (χ4v) is 5.27. The highest BCUT2D eigenvalue weighted by molar-refractivity contribution is 9.10. The number of sulfonamides is 1. The van der Waals surface area contributed by atoms with Crippen molar-refractivity contribution in [2.24, 2.45) is 10.9 Å². The second kappa shape index (κ2) is 6.36. The molecule has 1 aromatic rings. The molecule has 1 aliphatic carbocycles. The summed E-state index contributed by atoms with van der Waals surface area (Å²) < 4.78 is 28.2. The molecule has 2 atom stereocenters. The average Bonchev–Trinajstić information content (AvgIpc) is 2.87. The van der Waals surface area contributed by atoms with E-state index in [1.54, 1.807) is 31.2 Å². The van der Waals surface area contributed by atoms with Gasteiger partial charge in [-0.05, 0) is 62.9 Å². The number of allylic oxidation sites excluding steroid dienone is 2. The summed E-state index contributed by atoms with van der Waals surface area (Å²) >= 11 is 3.32. The van der Waals surface area contributed by atoms with Crippen LogP contribution in [0.3, 0.4) is 0 Å². The predicted octanol–water partition coefficient (Wildman–Crippen LogP) is 3.56. The Morgan fingerprint density at radius 1 is 1.24 bits per heavy atom. The van der Waals surface area contributed by atoms with Crippen LogP contribution in [-0.2, 0) is 14.8 Å². The van der Waals surface area contributed by atoms with Crippen molar-refractivity contribution in [3.8, 4) is 0 Å².